The van der Waals surface area contributed by atoms with Gasteiger partial charge in [-0.05, 0) is 54.1 Å². The molecule has 2 aliphatic heterocycles. The van der Waals surface area contributed by atoms with Gasteiger partial charge in [-0.2, -0.15) is 0 Å². The fourth-order valence-corrected chi connectivity index (χ4v) is 7.02. The summed E-state index contributed by atoms with van der Waals surface area (Å²) in [5.74, 6) is -1.75. The molecule has 2 N–H and O–H groups in total. The molecule has 6 rings (SSSR count). The Kier molecular flexibility index (Phi) is 7.49. The highest BCUT2D eigenvalue weighted by Gasteiger charge is 2.52. The lowest BCUT2D eigenvalue weighted by atomic mass is 9.89. The quantitative estimate of drug-likeness (QED) is 0.405. The predicted octanol–water partition coefficient (Wildman–Crippen LogP) is 4.49. The summed E-state index contributed by atoms with van der Waals surface area (Å²) >= 11 is 0. The number of benzene rings is 3. The van der Waals surface area contributed by atoms with Crippen molar-refractivity contribution in [3.8, 4) is 11.1 Å². The Morgan fingerprint density at radius 1 is 0.951 bits per heavy atom. The van der Waals surface area contributed by atoms with Crippen LogP contribution >= 0.6 is 0 Å². The summed E-state index contributed by atoms with van der Waals surface area (Å²) in [7, 11) is 1.91. The molecule has 2 saturated heterocycles. The average Bonchev–Trinajstić information content (AvgIpc) is 3.66. The van der Waals surface area contributed by atoms with Crippen LogP contribution in [0.2, 0.25) is 0 Å². The van der Waals surface area contributed by atoms with Crippen LogP contribution in [0.4, 0.5) is 4.79 Å². The van der Waals surface area contributed by atoms with Gasteiger partial charge in [0.1, 0.15) is 12.6 Å². The summed E-state index contributed by atoms with van der Waals surface area (Å²) in [5, 5.41) is 12.6. The van der Waals surface area contributed by atoms with E-state index in [0.29, 0.717) is 19.4 Å². The van der Waals surface area contributed by atoms with E-state index in [1.165, 1.54) is 0 Å². The number of hydrogen-bond acceptors (Lipinski definition) is 5. The lowest BCUT2D eigenvalue weighted by Crippen LogP contribution is -2.55. The van der Waals surface area contributed by atoms with Crippen molar-refractivity contribution < 1.29 is 24.2 Å². The number of aliphatic carboxylic acids is 1. The molecular weight excluding hydrogens is 518 g/mol. The average molecular weight is 554 g/mol. The number of nitrogens with zero attached hydrogens (tertiary/aromatic N) is 2. The number of likely N-dealkylation sites (N-methyl/N-ethyl adjacent to an activating group) is 1. The summed E-state index contributed by atoms with van der Waals surface area (Å²) in [6, 6.07) is 24.9. The topological polar surface area (TPSA) is 99.2 Å². The molecule has 3 aromatic rings. The monoisotopic (exact) mass is 553 g/mol. The molecule has 3 aliphatic rings. The molecule has 0 spiro atoms. The smallest absolute Gasteiger partial charge is 0.407 e. The van der Waals surface area contributed by atoms with Gasteiger partial charge in [-0.1, -0.05) is 78.9 Å². The van der Waals surface area contributed by atoms with Crippen molar-refractivity contribution in [1.82, 2.24) is 15.1 Å². The summed E-state index contributed by atoms with van der Waals surface area (Å²) < 4.78 is 5.78. The number of carboxylic acids is 1. The summed E-state index contributed by atoms with van der Waals surface area (Å²) in [6.07, 6.45) is 1.27. The maximum Gasteiger partial charge on any atom is 0.407 e. The number of hydrogen-bond donors (Lipinski definition) is 2. The molecule has 2 fully saturated rings. The predicted molar refractivity (Wildman–Crippen MR) is 154 cm³/mol. The molecule has 3 aromatic carbocycles. The van der Waals surface area contributed by atoms with E-state index in [-0.39, 0.29) is 37.1 Å². The van der Waals surface area contributed by atoms with E-state index in [2.05, 4.69) is 29.6 Å². The zero-order valence-electron chi connectivity index (χ0n) is 23.1. The number of carbonyl (C=O) groups excluding carboxylic acids is 2. The van der Waals surface area contributed by atoms with Crippen LogP contribution < -0.4 is 5.32 Å². The Morgan fingerprint density at radius 3 is 2.22 bits per heavy atom. The molecule has 2 amide bonds. The maximum atomic E-state index is 13.9. The Hall–Kier alpha value is -4.17. The number of rotatable bonds is 9. The van der Waals surface area contributed by atoms with Crippen molar-refractivity contribution in [2.75, 3.05) is 20.2 Å². The van der Waals surface area contributed by atoms with Gasteiger partial charge < -0.3 is 20.1 Å². The SMILES string of the molecule is CN(Cc1ccccc1)CC(NC(=O)OCC1c2ccccc2-c2ccccc21)C(=O)N1C2CCC1C(C(=O)O)C2. The van der Waals surface area contributed by atoms with Crippen LogP contribution in [-0.4, -0.2) is 71.2 Å². The zero-order valence-corrected chi connectivity index (χ0v) is 23.1. The molecule has 0 saturated carbocycles. The number of nitrogens with one attached hydrogen (secondary N) is 1. The van der Waals surface area contributed by atoms with Gasteiger partial charge in [0.2, 0.25) is 5.91 Å². The Bertz CT molecular complexity index is 1400. The molecule has 0 radical (unpaired) electrons. The van der Waals surface area contributed by atoms with Crippen LogP contribution in [0.15, 0.2) is 78.9 Å². The number of carbonyl (C=O) groups is 3. The molecule has 0 aromatic heterocycles. The molecule has 8 heteroatoms. The van der Waals surface area contributed by atoms with Gasteiger partial charge >= 0.3 is 12.1 Å². The van der Waals surface area contributed by atoms with Crippen LogP contribution in [0.25, 0.3) is 11.1 Å². The Balaban J connectivity index is 1.17. The highest BCUT2D eigenvalue weighted by molar-refractivity contribution is 5.88. The van der Waals surface area contributed by atoms with E-state index in [1.807, 2.05) is 66.5 Å². The van der Waals surface area contributed by atoms with Crippen LogP contribution in [0.5, 0.6) is 0 Å². The van der Waals surface area contributed by atoms with Crippen molar-refractivity contribution in [2.24, 2.45) is 5.92 Å². The molecule has 4 unspecified atom stereocenters. The van der Waals surface area contributed by atoms with Crippen molar-refractivity contribution in [3.63, 3.8) is 0 Å². The van der Waals surface area contributed by atoms with E-state index in [1.54, 1.807) is 4.90 Å². The minimum atomic E-state index is -0.866. The van der Waals surface area contributed by atoms with Gasteiger partial charge in [0.15, 0.2) is 0 Å². The number of carboxylic acid groups (broad SMARTS) is 1. The zero-order chi connectivity index (χ0) is 28.5. The minimum Gasteiger partial charge on any atom is -0.481 e. The molecular formula is C33H35N3O5. The lowest BCUT2D eigenvalue weighted by Gasteiger charge is -2.31. The van der Waals surface area contributed by atoms with Crippen molar-refractivity contribution in [3.05, 3.63) is 95.6 Å². The normalized spacial score (nSPS) is 21.4. The van der Waals surface area contributed by atoms with Crippen molar-refractivity contribution in [1.29, 1.82) is 0 Å². The second-order valence-corrected chi connectivity index (χ2v) is 11.4. The molecule has 212 valence electrons. The number of amides is 2. The summed E-state index contributed by atoms with van der Waals surface area (Å²) in [4.78, 5) is 42.7. The second-order valence-electron chi connectivity index (χ2n) is 11.4. The van der Waals surface area contributed by atoms with Crippen LogP contribution in [0.1, 0.15) is 41.9 Å². The van der Waals surface area contributed by atoms with Crippen molar-refractivity contribution >= 4 is 18.0 Å². The Labute approximate surface area is 239 Å². The van der Waals surface area contributed by atoms with Gasteiger partial charge in [0, 0.05) is 31.1 Å². The molecule has 4 atom stereocenters. The standard InChI is InChI=1S/C33H35N3O5/c1-35(18-21-9-3-2-4-10-21)19-29(31(37)36-22-15-16-30(36)27(17-22)32(38)39)34-33(40)41-20-28-25-13-7-5-11-23(25)24-12-6-8-14-26(24)28/h2-14,22,27-30H,15-20H2,1H3,(H,34,40)(H,38,39). The third-order valence-corrected chi connectivity index (χ3v) is 8.83. The number of alkyl carbamates (subject to hydrolysis) is 1. The first-order valence-electron chi connectivity index (χ1n) is 14.3. The fraction of sp³-hybridized carbons (Fsp3) is 0.364. The van der Waals surface area contributed by atoms with E-state index >= 15 is 0 Å². The van der Waals surface area contributed by atoms with E-state index in [0.717, 1.165) is 34.2 Å². The molecule has 41 heavy (non-hydrogen) atoms. The second kappa shape index (κ2) is 11.4. The van der Waals surface area contributed by atoms with Gasteiger partial charge in [0.25, 0.3) is 0 Å². The maximum absolute atomic E-state index is 13.9. The largest absolute Gasteiger partial charge is 0.481 e. The molecule has 2 heterocycles. The van der Waals surface area contributed by atoms with Crippen LogP contribution in [-0.2, 0) is 20.9 Å². The van der Waals surface area contributed by atoms with E-state index < -0.39 is 24.0 Å². The van der Waals surface area contributed by atoms with Crippen LogP contribution in [0.3, 0.4) is 0 Å². The van der Waals surface area contributed by atoms with Gasteiger partial charge in [-0.25, -0.2) is 4.79 Å². The number of fused-ring (bicyclic) bond motifs is 5. The van der Waals surface area contributed by atoms with E-state index in [9.17, 15) is 19.5 Å². The molecule has 1 aliphatic carbocycles. The van der Waals surface area contributed by atoms with Gasteiger partial charge in [-0.3, -0.25) is 14.5 Å². The first-order chi connectivity index (χ1) is 19.9. The van der Waals surface area contributed by atoms with Gasteiger partial charge in [-0.15, -0.1) is 0 Å². The highest BCUT2D eigenvalue weighted by atomic mass is 16.5. The van der Waals surface area contributed by atoms with Gasteiger partial charge in [0.05, 0.1) is 5.92 Å². The fourth-order valence-electron chi connectivity index (χ4n) is 7.02. The molecule has 8 nitrogen and oxygen atoms in total. The summed E-state index contributed by atoms with van der Waals surface area (Å²) in [6.45, 7) is 1.02. The third kappa shape index (κ3) is 5.32. The summed E-state index contributed by atoms with van der Waals surface area (Å²) in [5.41, 5.74) is 5.61. The first-order valence-corrected chi connectivity index (χ1v) is 14.3. The lowest BCUT2D eigenvalue weighted by molar-refractivity contribution is -0.143. The Morgan fingerprint density at radius 2 is 1.59 bits per heavy atom. The van der Waals surface area contributed by atoms with Crippen LogP contribution in [0, 0.1) is 5.92 Å². The van der Waals surface area contributed by atoms with Crippen molar-refractivity contribution in [2.45, 2.75) is 49.9 Å². The molecule has 2 bridgehead atoms. The minimum absolute atomic E-state index is 0.0891. The number of ether oxygens (including phenoxy) is 1. The highest BCUT2D eigenvalue weighted by Crippen LogP contribution is 2.45. The first kappa shape index (κ1) is 27.0. The third-order valence-electron chi connectivity index (χ3n) is 8.83. The van der Waals surface area contributed by atoms with E-state index in [4.69, 9.17) is 4.74 Å².